The molecule has 4 nitrogen and oxygen atoms in total. The van der Waals surface area contributed by atoms with E-state index in [1.165, 1.54) is 6.20 Å². The van der Waals surface area contributed by atoms with Gasteiger partial charge in [-0.15, -0.1) is 0 Å². The van der Waals surface area contributed by atoms with Gasteiger partial charge in [-0.25, -0.2) is 4.98 Å². The highest BCUT2D eigenvalue weighted by Crippen LogP contribution is 2.14. The minimum Gasteiger partial charge on any atom is -0.481 e. The van der Waals surface area contributed by atoms with Crippen molar-refractivity contribution in [3.8, 4) is 5.88 Å². The van der Waals surface area contributed by atoms with Gasteiger partial charge in [0.05, 0.1) is 13.7 Å². The number of nitrogens with zero attached hydrogens (tertiary/aromatic N) is 1. The lowest BCUT2D eigenvalue weighted by atomic mass is 10.1. The number of nitrogens with two attached hydrogens (primary N) is 1. The molecule has 13 heavy (non-hydrogen) atoms. The summed E-state index contributed by atoms with van der Waals surface area (Å²) >= 11 is 0. The quantitative estimate of drug-likeness (QED) is 0.689. The first kappa shape index (κ1) is 9.67. The number of pyridine rings is 1. The Hall–Kier alpha value is -1.42. The van der Waals surface area contributed by atoms with Gasteiger partial charge in [-0.3, -0.25) is 4.79 Å². The van der Waals surface area contributed by atoms with Gasteiger partial charge in [-0.1, -0.05) is 0 Å². The van der Waals surface area contributed by atoms with Crippen molar-refractivity contribution in [2.45, 2.75) is 6.92 Å². The van der Waals surface area contributed by atoms with Gasteiger partial charge in [-0.05, 0) is 13.0 Å². The van der Waals surface area contributed by atoms with Crippen molar-refractivity contribution in [2.24, 2.45) is 5.73 Å². The first-order chi connectivity index (χ1) is 6.19. The molecule has 2 N–H and O–H groups in total. The summed E-state index contributed by atoms with van der Waals surface area (Å²) in [7, 11) is 1.54. The molecule has 0 atom stereocenters. The van der Waals surface area contributed by atoms with Gasteiger partial charge in [0.25, 0.3) is 0 Å². The second-order valence-corrected chi connectivity index (χ2v) is 2.68. The van der Waals surface area contributed by atoms with Crippen LogP contribution in [-0.2, 0) is 0 Å². The largest absolute Gasteiger partial charge is 0.481 e. The fourth-order valence-electron chi connectivity index (χ4n) is 1.05. The van der Waals surface area contributed by atoms with Crippen LogP contribution in [0.5, 0.6) is 5.88 Å². The van der Waals surface area contributed by atoms with Crippen LogP contribution in [0.15, 0.2) is 12.3 Å². The molecule has 0 aromatic carbocycles. The van der Waals surface area contributed by atoms with Gasteiger partial charge in [-0.2, -0.15) is 0 Å². The van der Waals surface area contributed by atoms with E-state index in [9.17, 15) is 4.79 Å². The van der Waals surface area contributed by atoms with E-state index < -0.39 is 0 Å². The maximum absolute atomic E-state index is 11.2. The third kappa shape index (κ3) is 2.03. The smallest absolute Gasteiger partial charge is 0.215 e. The van der Waals surface area contributed by atoms with Crippen LogP contribution < -0.4 is 10.5 Å². The van der Waals surface area contributed by atoms with Crippen LogP contribution in [0.4, 0.5) is 0 Å². The van der Waals surface area contributed by atoms with Crippen LogP contribution in [0.2, 0.25) is 0 Å². The normalized spacial score (nSPS) is 9.77. The van der Waals surface area contributed by atoms with Crippen molar-refractivity contribution >= 4 is 5.78 Å². The number of hydrogen-bond acceptors (Lipinski definition) is 4. The fourth-order valence-corrected chi connectivity index (χ4v) is 1.05. The third-order valence-electron chi connectivity index (χ3n) is 1.73. The third-order valence-corrected chi connectivity index (χ3v) is 1.73. The Balaban J connectivity index is 3.02. The van der Waals surface area contributed by atoms with E-state index in [1.807, 2.05) is 6.92 Å². The minimum absolute atomic E-state index is 0.00739. The zero-order valence-corrected chi connectivity index (χ0v) is 7.70. The van der Waals surface area contributed by atoms with Crippen LogP contribution in [0.1, 0.15) is 15.9 Å². The number of methoxy groups -OCH3 is 1. The zero-order chi connectivity index (χ0) is 9.84. The molecule has 0 bridgehead atoms. The molecule has 70 valence electrons. The summed E-state index contributed by atoms with van der Waals surface area (Å²) in [6, 6.07) is 1.72. The summed E-state index contributed by atoms with van der Waals surface area (Å²) in [6.45, 7) is 1.84. The Morgan fingerprint density at radius 1 is 1.69 bits per heavy atom. The number of carbonyl (C=O) groups excluding carboxylic acids is 1. The molecule has 0 radical (unpaired) electrons. The van der Waals surface area contributed by atoms with Crippen LogP contribution in [-0.4, -0.2) is 24.4 Å². The van der Waals surface area contributed by atoms with Crippen LogP contribution in [0.25, 0.3) is 0 Å². The van der Waals surface area contributed by atoms with Gasteiger partial charge >= 0.3 is 0 Å². The second-order valence-electron chi connectivity index (χ2n) is 2.68. The number of rotatable bonds is 3. The summed E-state index contributed by atoms with van der Waals surface area (Å²) in [5.74, 6) is 0.423. The monoisotopic (exact) mass is 180 g/mol. The van der Waals surface area contributed by atoms with Crippen molar-refractivity contribution in [1.29, 1.82) is 0 Å². The molecule has 0 aliphatic carbocycles. The van der Waals surface area contributed by atoms with Crippen LogP contribution in [0.3, 0.4) is 0 Å². The van der Waals surface area contributed by atoms with Crippen molar-refractivity contribution in [3.63, 3.8) is 0 Å². The average molecular weight is 180 g/mol. The van der Waals surface area contributed by atoms with Crippen LogP contribution >= 0.6 is 0 Å². The van der Waals surface area contributed by atoms with Gasteiger partial charge in [0.15, 0.2) is 5.78 Å². The van der Waals surface area contributed by atoms with Gasteiger partial charge < -0.3 is 10.5 Å². The number of ether oxygens (including phenoxy) is 1. The lowest BCUT2D eigenvalue weighted by molar-refractivity contribution is 0.100. The number of Topliss-reactive ketones (excluding diaryl/α,β-unsaturated/α-hetero) is 1. The lowest BCUT2D eigenvalue weighted by Gasteiger charge is -2.04. The van der Waals surface area contributed by atoms with Crippen molar-refractivity contribution in [3.05, 3.63) is 23.4 Å². The van der Waals surface area contributed by atoms with E-state index in [1.54, 1.807) is 13.2 Å². The van der Waals surface area contributed by atoms with Crippen molar-refractivity contribution < 1.29 is 9.53 Å². The standard InChI is InChI=1S/C9H12N2O2/c1-6-3-7(8(12)4-10)5-11-9(6)13-2/h3,5H,4,10H2,1-2H3. The molecule has 0 spiro atoms. The first-order valence-corrected chi connectivity index (χ1v) is 3.93. The molecular formula is C9H12N2O2. The molecule has 0 saturated heterocycles. The first-order valence-electron chi connectivity index (χ1n) is 3.93. The highest BCUT2D eigenvalue weighted by molar-refractivity contribution is 5.97. The topological polar surface area (TPSA) is 65.2 Å². The van der Waals surface area contributed by atoms with E-state index in [0.29, 0.717) is 11.4 Å². The van der Waals surface area contributed by atoms with E-state index >= 15 is 0 Å². The molecule has 0 unspecified atom stereocenters. The van der Waals surface area contributed by atoms with E-state index in [4.69, 9.17) is 10.5 Å². The molecule has 1 aromatic rings. The molecule has 0 fully saturated rings. The predicted molar refractivity (Wildman–Crippen MR) is 48.9 cm³/mol. The molecule has 0 saturated carbocycles. The molecule has 1 aromatic heterocycles. The molecule has 4 heteroatoms. The van der Waals surface area contributed by atoms with Gasteiger partial charge in [0.1, 0.15) is 0 Å². The van der Waals surface area contributed by atoms with E-state index in [2.05, 4.69) is 4.98 Å². The molecule has 0 aliphatic rings. The van der Waals surface area contributed by atoms with Crippen LogP contribution in [0, 0.1) is 6.92 Å². The molecule has 1 heterocycles. The summed E-state index contributed by atoms with van der Waals surface area (Å²) in [4.78, 5) is 15.1. The molecule has 0 amide bonds. The number of hydrogen-bond donors (Lipinski definition) is 1. The summed E-state index contributed by atoms with van der Waals surface area (Å²) in [6.07, 6.45) is 1.47. The van der Waals surface area contributed by atoms with Crippen molar-refractivity contribution in [2.75, 3.05) is 13.7 Å². The maximum Gasteiger partial charge on any atom is 0.215 e. The molecular weight excluding hydrogens is 168 g/mol. The van der Waals surface area contributed by atoms with E-state index in [0.717, 1.165) is 5.56 Å². The Labute approximate surface area is 76.7 Å². The van der Waals surface area contributed by atoms with E-state index in [-0.39, 0.29) is 12.3 Å². The summed E-state index contributed by atoms with van der Waals surface area (Å²) in [5, 5.41) is 0. The Kier molecular flexibility index (Phi) is 2.97. The van der Waals surface area contributed by atoms with Gasteiger partial charge in [0, 0.05) is 17.3 Å². The summed E-state index contributed by atoms with van der Waals surface area (Å²) in [5.41, 5.74) is 6.58. The highest BCUT2D eigenvalue weighted by Gasteiger charge is 2.06. The lowest BCUT2D eigenvalue weighted by Crippen LogP contribution is -2.14. The Morgan fingerprint density at radius 3 is 2.85 bits per heavy atom. The maximum atomic E-state index is 11.2. The number of ketones is 1. The highest BCUT2D eigenvalue weighted by atomic mass is 16.5. The molecule has 1 rings (SSSR count). The predicted octanol–water partition coefficient (Wildman–Crippen LogP) is 0.540. The number of aryl methyl sites for hydroxylation is 1. The fraction of sp³-hybridized carbons (Fsp3) is 0.333. The Bertz CT molecular complexity index is 323. The number of aromatic nitrogens is 1. The van der Waals surface area contributed by atoms with Crippen molar-refractivity contribution in [1.82, 2.24) is 4.98 Å². The van der Waals surface area contributed by atoms with Gasteiger partial charge in [0.2, 0.25) is 5.88 Å². The molecule has 0 aliphatic heterocycles. The zero-order valence-electron chi connectivity index (χ0n) is 7.70. The minimum atomic E-state index is -0.113. The average Bonchev–Trinajstić information content (AvgIpc) is 2.16. The SMILES string of the molecule is COc1ncc(C(=O)CN)cc1C. The number of carbonyl (C=O) groups is 1. The second kappa shape index (κ2) is 4.00. The Morgan fingerprint density at radius 2 is 2.38 bits per heavy atom. The summed E-state index contributed by atoms with van der Waals surface area (Å²) < 4.78 is 4.96.